The molecule has 1 fully saturated rings. The molecule has 6 heteroatoms. The van der Waals surface area contributed by atoms with E-state index in [0.29, 0.717) is 32.1 Å². The first-order chi connectivity index (χ1) is 11.9. The highest BCUT2D eigenvalue weighted by Crippen LogP contribution is 2.33. The van der Waals surface area contributed by atoms with Crippen LogP contribution < -0.4 is 10.6 Å². The zero-order valence-corrected chi connectivity index (χ0v) is 15.2. The predicted molar refractivity (Wildman–Crippen MR) is 95.7 cm³/mol. The number of halogens is 1. The van der Waals surface area contributed by atoms with Crippen LogP contribution in [0.2, 0.25) is 0 Å². The molecule has 3 amide bonds. The van der Waals surface area contributed by atoms with Gasteiger partial charge in [0.1, 0.15) is 5.82 Å². The molecule has 1 aromatic rings. The third-order valence-corrected chi connectivity index (χ3v) is 4.59. The molecule has 1 heterocycles. The van der Waals surface area contributed by atoms with E-state index in [0.717, 1.165) is 12.0 Å². The number of nitrogens with one attached hydrogen (secondary N) is 2. The van der Waals surface area contributed by atoms with Crippen molar-refractivity contribution in [3.63, 3.8) is 0 Å². The number of benzene rings is 1. The van der Waals surface area contributed by atoms with Gasteiger partial charge in [-0.2, -0.15) is 0 Å². The second-order valence-corrected chi connectivity index (χ2v) is 6.98. The molecule has 0 saturated carbocycles. The first-order valence-corrected chi connectivity index (χ1v) is 8.98. The minimum atomic E-state index is -0.319. The van der Waals surface area contributed by atoms with Gasteiger partial charge in [0.2, 0.25) is 5.91 Å². The average Bonchev–Trinajstić information content (AvgIpc) is 3.01. The van der Waals surface area contributed by atoms with E-state index in [1.54, 1.807) is 17.0 Å². The Morgan fingerprint density at radius 1 is 1.20 bits per heavy atom. The smallest absolute Gasteiger partial charge is 0.317 e. The number of carbonyl (C=O) groups excluding carboxylic acids is 2. The monoisotopic (exact) mass is 349 g/mol. The minimum absolute atomic E-state index is 0.0400. The van der Waals surface area contributed by atoms with Gasteiger partial charge in [-0.25, -0.2) is 9.18 Å². The van der Waals surface area contributed by atoms with E-state index in [9.17, 15) is 14.0 Å². The summed E-state index contributed by atoms with van der Waals surface area (Å²) < 4.78 is 13.2. The van der Waals surface area contributed by atoms with Gasteiger partial charge in [-0.3, -0.25) is 4.79 Å². The maximum Gasteiger partial charge on any atom is 0.317 e. The van der Waals surface area contributed by atoms with Crippen molar-refractivity contribution in [1.82, 2.24) is 15.5 Å². The van der Waals surface area contributed by atoms with Crippen LogP contribution in [0.25, 0.3) is 0 Å². The van der Waals surface area contributed by atoms with Gasteiger partial charge in [0.15, 0.2) is 0 Å². The van der Waals surface area contributed by atoms with Crippen molar-refractivity contribution in [3.8, 4) is 0 Å². The SMILES string of the molecule is CCNC(=O)N1CC(C(=O)NCCC(C)C)C(c2ccc(F)cc2)C1. The Morgan fingerprint density at radius 3 is 2.48 bits per heavy atom. The molecule has 1 saturated heterocycles. The number of hydrogen-bond donors (Lipinski definition) is 2. The topological polar surface area (TPSA) is 61.4 Å². The summed E-state index contributed by atoms with van der Waals surface area (Å²) in [7, 11) is 0. The van der Waals surface area contributed by atoms with Gasteiger partial charge in [-0.15, -0.1) is 0 Å². The fraction of sp³-hybridized carbons (Fsp3) is 0.579. The van der Waals surface area contributed by atoms with E-state index in [1.807, 2.05) is 6.92 Å². The lowest BCUT2D eigenvalue weighted by atomic mass is 9.88. The standard InChI is InChI=1S/C19H28FN3O2/c1-4-21-19(25)23-11-16(14-5-7-15(20)8-6-14)17(12-23)18(24)22-10-9-13(2)3/h5-8,13,16-17H,4,9-12H2,1-3H3,(H,21,25)(H,22,24). The molecule has 0 bridgehead atoms. The molecule has 2 unspecified atom stereocenters. The third kappa shape index (κ3) is 5.18. The van der Waals surface area contributed by atoms with Crippen molar-refractivity contribution < 1.29 is 14.0 Å². The molecule has 1 aliphatic rings. The maximum atomic E-state index is 13.2. The molecule has 2 rings (SSSR count). The zero-order chi connectivity index (χ0) is 18.4. The number of hydrogen-bond acceptors (Lipinski definition) is 2. The lowest BCUT2D eigenvalue weighted by Gasteiger charge is -2.18. The number of urea groups is 1. The largest absolute Gasteiger partial charge is 0.356 e. The molecule has 1 aromatic carbocycles. The number of nitrogens with zero attached hydrogens (tertiary/aromatic N) is 1. The molecule has 0 spiro atoms. The van der Waals surface area contributed by atoms with E-state index >= 15 is 0 Å². The van der Waals surface area contributed by atoms with Crippen LogP contribution in [0.4, 0.5) is 9.18 Å². The van der Waals surface area contributed by atoms with E-state index < -0.39 is 0 Å². The van der Waals surface area contributed by atoms with Crippen LogP contribution in [0.1, 0.15) is 38.7 Å². The summed E-state index contributed by atoms with van der Waals surface area (Å²) in [5.41, 5.74) is 0.886. The first-order valence-electron chi connectivity index (χ1n) is 8.98. The molecule has 1 aliphatic heterocycles. The number of rotatable bonds is 6. The lowest BCUT2D eigenvalue weighted by Crippen LogP contribution is -2.40. The summed E-state index contributed by atoms with van der Waals surface area (Å²) in [4.78, 5) is 26.5. The summed E-state index contributed by atoms with van der Waals surface area (Å²) in [5.74, 6) is -0.270. The molecule has 0 aliphatic carbocycles. The highest BCUT2D eigenvalue weighted by atomic mass is 19.1. The first kappa shape index (κ1) is 19.2. The van der Waals surface area contributed by atoms with E-state index in [1.165, 1.54) is 12.1 Å². The summed E-state index contributed by atoms with van der Waals surface area (Å²) >= 11 is 0. The second-order valence-electron chi connectivity index (χ2n) is 6.98. The normalized spacial score (nSPS) is 20.0. The van der Waals surface area contributed by atoms with E-state index in [-0.39, 0.29) is 29.6 Å². The van der Waals surface area contributed by atoms with Gasteiger partial charge in [-0.1, -0.05) is 26.0 Å². The van der Waals surface area contributed by atoms with Crippen LogP contribution in [0.3, 0.4) is 0 Å². The third-order valence-electron chi connectivity index (χ3n) is 4.59. The number of carbonyl (C=O) groups is 2. The molecule has 0 radical (unpaired) electrons. The quantitative estimate of drug-likeness (QED) is 0.829. The maximum absolute atomic E-state index is 13.2. The molecule has 0 aromatic heterocycles. The lowest BCUT2D eigenvalue weighted by molar-refractivity contribution is -0.124. The van der Waals surface area contributed by atoms with Crippen molar-refractivity contribution in [2.45, 2.75) is 33.1 Å². The molecular weight excluding hydrogens is 321 g/mol. The van der Waals surface area contributed by atoms with Gasteiger partial charge < -0.3 is 15.5 Å². The molecule has 2 atom stereocenters. The van der Waals surface area contributed by atoms with E-state index in [2.05, 4.69) is 24.5 Å². The van der Waals surface area contributed by atoms with Crippen LogP contribution in [-0.4, -0.2) is 43.0 Å². The second kappa shape index (κ2) is 8.83. The average molecular weight is 349 g/mol. The fourth-order valence-electron chi connectivity index (χ4n) is 3.16. The zero-order valence-electron chi connectivity index (χ0n) is 15.2. The highest BCUT2D eigenvalue weighted by molar-refractivity contribution is 5.82. The van der Waals surface area contributed by atoms with Gasteiger partial charge in [-0.05, 0) is 37.0 Å². The molecule has 138 valence electrons. The van der Waals surface area contributed by atoms with Crippen LogP contribution in [0, 0.1) is 17.7 Å². The van der Waals surface area contributed by atoms with Crippen molar-refractivity contribution >= 4 is 11.9 Å². The highest BCUT2D eigenvalue weighted by Gasteiger charge is 2.40. The van der Waals surface area contributed by atoms with Crippen molar-refractivity contribution in [3.05, 3.63) is 35.6 Å². The molecule has 25 heavy (non-hydrogen) atoms. The summed E-state index contributed by atoms with van der Waals surface area (Å²) in [6.07, 6.45) is 0.916. The van der Waals surface area contributed by atoms with Crippen LogP contribution in [0.15, 0.2) is 24.3 Å². The number of amides is 3. The Balaban J connectivity index is 2.12. The van der Waals surface area contributed by atoms with Gasteiger partial charge >= 0.3 is 6.03 Å². The van der Waals surface area contributed by atoms with Crippen LogP contribution >= 0.6 is 0 Å². The van der Waals surface area contributed by atoms with Crippen LogP contribution in [-0.2, 0) is 4.79 Å². The summed E-state index contributed by atoms with van der Waals surface area (Å²) in [6, 6.07) is 6.05. The summed E-state index contributed by atoms with van der Waals surface area (Å²) in [5, 5.41) is 5.77. The minimum Gasteiger partial charge on any atom is -0.356 e. The Bertz CT molecular complexity index is 589. The van der Waals surface area contributed by atoms with Gasteiger partial charge in [0.25, 0.3) is 0 Å². The molecule has 2 N–H and O–H groups in total. The van der Waals surface area contributed by atoms with Crippen molar-refractivity contribution in [2.75, 3.05) is 26.2 Å². The van der Waals surface area contributed by atoms with Crippen LogP contribution in [0.5, 0.6) is 0 Å². The van der Waals surface area contributed by atoms with Crippen molar-refractivity contribution in [1.29, 1.82) is 0 Å². The Morgan fingerprint density at radius 2 is 1.88 bits per heavy atom. The Labute approximate surface area is 149 Å². The van der Waals surface area contributed by atoms with Gasteiger partial charge in [0, 0.05) is 32.1 Å². The van der Waals surface area contributed by atoms with E-state index in [4.69, 9.17) is 0 Å². The summed E-state index contributed by atoms with van der Waals surface area (Å²) in [6.45, 7) is 8.09. The Hall–Kier alpha value is -2.11. The molecular formula is C19H28FN3O2. The van der Waals surface area contributed by atoms with Crippen molar-refractivity contribution in [2.24, 2.45) is 11.8 Å². The fourth-order valence-corrected chi connectivity index (χ4v) is 3.16. The Kier molecular flexibility index (Phi) is 6.79. The molecule has 5 nitrogen and oxygen atoms in total. The van der Waals surface area contributed by atoms with Gasteiger partial charge in [0.05, 0.1) is 5.92 Å². The number of likely N-dealkylation sites (tertiary alicyclic amines) is 1. The predicted octanol–water partition coefficient (Wildman–Crippen LogP) is 2.73.